The molecular weight excluding hydrogens is 272 g/mol. The molecule has 1 fully saturated rings. The molecule has 1 unspecified atom stereocenters. The van der Waals surface area contributed by atoms with Crippen molar-refractivity contribution in [1.29, 1.82) is 0 Å². The third-order valence-electron chi connectivity index (χ3n) is 4.04. The van der Waals surface area contributed by atoms with Crippen LogP contribution in [-0.2, 0) is 11.3 Å². The summed E-state index contributed by atoms with van der Waals surface area (Å²) < 4.78 is 0. The van der Waals surface area contributed by atoms with Crippen molar-refractivity contribution in [3.05, 3.63) is 34.9 Å². The van der Waals surface area contributed by atoms with E-state index in [1.807, 2.05) is 24.0 Å². The third-order valence-corrected chi connectivity index (χ3v) is 4.29. The zero-order valence-electron chi connectivity index (χ0n) is 12.3. The van der Waals surface area contributed by atoms with Crippen LogP contribution in [0.4, 0.5) is 0 Å². The maximum Gasteiger partial charge on any atom is 0.225 e. The van der Waals surface area contributed by atoms with Gasteiger partial charge in [0.1, 0.15) is 0 Å². The number of carbonyl (C=O) groups is 1. The fraction of sp³-hybridized carbons (Fsp3) is 0.562. The van der Waals surface area contributed by atoms with Gasteiger partial charge in [-0.3, -0.25) is 9.69 Å². The molecular formula is C16H23ClN2O. The van der Waals surface area contributed by atoms with Gasteiger partial charge in [0, 0.05) is 43.7 Å². The molecule has 3 nitrogen and oxygen atoms in total. The van der Waals surface area contributed by atoms with Crippen molar-refractivity contribution in [3.8, 4) is 0 Å². The van der Waals surface area contributed by atoms with Crippen molar-refractivity contribution in [2.75, 3.05) is 26.2 Å². The van der Waals surface area contributed by atoms with E-state index in [0.29, 0.717) is 5.91 Å². The summed E-state index contributed by atoms with van der Waals surface area (Å²) in [5.74, 6) is 0.455. The summed E-state index contributed by atoms with van der Waals surface area (Å²) in [6.45, 7) is 8.60. The van der Waals surface area contributed by atoms with Crippen molar-refractivity contribution >= 4 is 17.5 Å². The average molecular weight is 295 g/mol. The van der Waals surface area contributed by atoms with E-state index in [-0.39, 0.29) is 5.92 Å². The van der Waals surface area contributed by atoms with Gasteiger partial charge in [-0.1, -0.05) is 37.6 Å². The van der Waals surface area contributed by atoms with Gasteiger partial charge < -0.3 is 4.90 Å². The van der Waals surface area contributed by atoms with Crippen molar-refractivity contribution in [3.63, 3.8) is 0 Å². The van der Waals surface area contributed by atoms with Crippen LogP contribution < -0.4 is 0 Å². The van der Waals surface area contributed by atoms with E-state index in [2.05, 4.69) is 24.0 Å². The Morgan fingerprint density at radius 2 is 1.80 bits per heavy atom. The lowest BCUT2D eigenvalue weighted by Gasteiger charge is -2.36. The molecule has 4 heteroatoms. The van der Waals surface area contributed by atoms with E-state index in [0.717, 1.165) is 44.2 Å². The van der Waals surface area contributed by atoms with Crippen LogP contribution >= 0.6 is 11.6 Å². The number of hydrogen-bond acceptors (Lipinski definition) is 2. The highest BCUT2D eigenvalue weighted by molar-refractivity contribution is 6.30. The van der Waals surface area contributed by atoms with Crippen LogP contribution in [0.1, 0.15) is 25.8 Å². The van der Waals surface area contributed by atoms with Crippen LogP contribution in [0.15, 0.2) is 24.3 Å². The molecule has 1 amide bonds. The van der Waals surface area contributed by atoms with Crippen LogP contribution in [0, 0.1) is 5.92 Å². The summed E-state index contributed by atoms with van der Waals surface area (Å²) in [6, 6.07) is 8.00. The normalized spacial score (nSPS) is 18.1. The van der Waals surface area contributed by atoms with Crippen molar-refractivity contribution in [2.24, 2.45) is 5.92 Å². The summed E-state index contributed by atoms with van der Waals surface area (Å²) in [4.78, 5) is 16.5. The molecule has 0 spiro atoms. The summed E-state index contributed by atoms with van der Waals surface area (Å²) in [6.07, 6.45) is 0.920. The first-order valence-electron chi connectivity index (χ1n) is 7.35. The number of amides is 1. The Morgan fingerprint density at radius 1 is 1.20 bits per heavy atom. The molecule has 0 aromatic heterocycles. The molecule has 0 N–H and O–H groups in total. The van der Waals surface area contributed by atoms with Gasteiger partial charge in [0.25, 0.3) is 0 Å². The highest BCUT2D eigenvalue weighted by Crippen LogP contribution is 2.14. The van der Waals surface area contributed by atoms with E-state index in [1.54, 1.807) is 0 Å². The molecule has 1 aliphatic heterocycles. The van der Waals surface area contributed by atoms with E-state index < -0.39 is 0 Å². The Kier molecular flexibility index (Phi) is 5.44. The maximum atomic E-state index is 12.1. The van der Waals surface area contributed by atoms with Gasteiger partial charge in [0.15, 0.2) is 0 Å². The molecule has 110 valence electrons. The third kappa shape index (κ3) is 3.97. The van der Waals surface area contributed by atoms with Gasteiger partial charge in [0.05, 0.1) is 0 Å². The Bertz CT molecular complexity index is 438. The first kappa shape index (κ1) is 15.3. The van der Waals surface area contributed by atoms with E-state index >= 15 is 0 Å². The minimum Gasteiger partial charge on any atom is -0.340 e. The molecule has 0 bridgehead atoms. The molecule has 2 rings (SSSR count). The number of rotatable bonds is 4. The van der Waals surface area contributed by atoms with Gasteiger partial charge >= 0.3 is 0 Å². The van der Waals surface area contributed by atoms with Crippen LogP contribution in [0.3, 0.4) is 0 Å². The maximum absolute atomic E-state index is 12.1. The number of benzene rings is 1. The van der Waals surface area contributed by atoms with Crippen molar-refractivity contribution < 1.29 is 4.79 Å². The Labute approximate surface area is 126 Å². The zero-order valence-corrected chi connectivity index (χ0v) is 13.1. The zero-order chi connectivity index (χ0) is 14.5. The SMILES string of the molecule is CCC(C)C(=O)N1CCN(Cc2ccc(Cl)cc2)CC1. The van der Waals surface area contributed by atoms with Gasteiger partial charge in [-0.2, -0.15) is 0 Å². The largest absolute Gasteiger partial charge is 0.340 e. The Hall–Kier alpha value is -1.06. The van der Waals surface area contributed by atoms with E-state index in [9.17, 15) is 4.79 Å². The average Bonchev–Trinajstić information content (AvgIpc) is 2.49. The number of nitrogens with zero attached hydrogens (tertiary/aromatic N) is 2. The molecule has 1 aliphatic rings. The Morgan fingerprint density at radius 3 is 2.35 bits per heavy atom. The lowest BCUT2D eigenvalue weighted by atomic mass is 10.1. The van der Waals surface area contributed by atoms with Gasteiger partial charge in [0.2, 0.25) is 5.91 Å². The van der Waals surface area contributed by atoms with Gasteiger partial charge in [-0.25, -0.2) is 0 Å². The number of hydrogen-bond donors (Lipinski definition) is 0. The van der Waals surface area contributed by atoms with Crippen molar-refractivity contribution in [2.45, 2.75) is 26.8 Å². The first-order chi connectivity index (χ1) is 9.60. The summed E-state index contributed by atoms with van der Waals surface area (Å²) in [7, 11) is 0. The number of piperazine rings is 1. The highest BCUT2D eigenvalue weighted by Gasteiger charge is 2.23. The Balaban J connectivity index is 1.82. The minimum absolute atomic E-state index is 0.151. The summed E-state index contributed by atoms with van der Waals surface area (Å²) in [5, 5.41) is 0.776. The fourth-order valence-corrected chi connectivity index (χ4v) is 2.59. The number of carbonyl (C=O) groups excluding carboxylic acids is 1. The van der Waals surface area contributed by atoms with Crippen molar-refractivity contribution in [1.82, 2.24) is 9.80 Å². The van der Waals surface area contributed by atoms with Crippen LogP contribution in [0.5, 0.6) is 0 Å². The monoisotopic (exact) mass is 294 g/mol. The number of halogens is 1. The standard InChI is InChI=1S/C16H23ClN2O/c1-3-13(2)16(20)19-10-8-18(9-11-19)12-14-4-6-15(17)7-5-14/h4-7,13H,3,8-12H2,1-2H3. The molecule has 1 aromatic carbocycles. The molecule has 0 saturated carbocycles. The van der Waals surface area contributed by atoms with Crippen LogP contribution in [-0.4, -0.2) is 41.9 Å². The van der Waals surface area contributed by atoms with Crippen LogP contribution in [0.25, 0.3) is 0 Å². The lowest BCUT2D eigenvalue weighted by Crippen LogP contribution is -2.49. The topological polar surface area (TPSA) is 23.6 Å². The minimum atomic E-state index is 0.151. The second-order valence-corrected chi connectivity index (χ2v) is 5.97. The van der Waals surface area contributed by atoms with Gasteiger partial charge in [-0.05, 0) is 24.1 Å². The molecule has 1 aromatic rings. The first-order valence-corrected chi connectivity index (χ1v) is 7.73. The summed E-state index contributed by atoms with van der Waals surface area (Å²) >= 11 is 5.89. The van der Waals surface area contributed by atoms with E-state index in [1.165, 1.54) is 5.56 Å². The second kappa shape index (κ2) is 7.09. The molecule has 0 radical (unpaired) electrons. The molecule has 1 saturated heterocycles. The smallest absolute Gasteiger partial charge is 0.225 e. The summed E-state index contributed by atoms with van der Waals surface area (Å²) in [5.41, 5.74) is 1.27. The molecule has 1 atom stereocenters. The lowest BCUT2D eigenvalue weighted by molar-refractivity contribution is -0.136. The van der Waals surface area contributed by atoms with Gasteiger partial charge in [-0.15, -0.1) is 0 Å². The predicted molar refractivity (Wildman–Crippen MR) is 82.8 cm³/mol. The second-order valence-electron chi connectivity index (χ2n) is 5.54. The molecule has 20 heavy (non-hydrogen) atoms. The molecule has 1 heterocycles. The van der Waals surface area contributed by atoms with Crippen LogP contribution in [0.2, 0.25) is 5.02 Å². The van der Waals surface area contributed by atoms with E-state index in [4.69, 9.17) is 11.6 Å². The quantitative estimate of drug-likeness (QED) is 0.852. The fourth-order valence-electron chi connectivity index (χ4n) is 2.46. The molecule has 0 aliphatic carbocycles. The highest BCUT2D eigenvalue weighted by atomic mass is 35.5. The predicted octanol–water partition coefficient (Wildman–Crippen LogP) is 3.03.